The minimum atomic E-state index is -0.692. The molecule has 1 aliphatic rings. The second-order valence-electron chi connectivity index (χ2n) is 4.15. The van der Waals surface area contributed by atoms with Crippen LogP contribution in [0.2, 0.25) is 0 Å². The third kappa shape index (κ3) is 2.89. The molecule has 1 fully saturated rings. The van der Waals surface area contributed by atoms with Gasteiger partial charge in [0.05, 0.1) is 12.2 Å². The van der Waals surface area contributed by atoms with Crippen LogP contribution in [0.25, 0.3) is 0 Å². The van der Waals surface area contributed by atoms with Gasteiger partial charge in [0.2, 0.25) is 0 Å². The second-order valence-corrected chi connectivity index (χ2v) is 4.15. The average molecular weight is 230 g/mol. The minimum Gasteiger partial charge on any atom is -0.378 e. The number of ether oxygens (including phenoxy) is 1. The summed E-state index contributed by atoms with van der Waals surface area (Å²) in [5, 5.41) is 9.09. The fourth-order valence-corrected chi connectivity index (χ4v) is 2.04. The van der Waals surface area contributed by atoms with Gasteiger partial charge in [-0.2, -0.15) is 5.26 Å². The highest BCUT2D eigenvalue weighted by Crippen LogP contribution is 2.22. The summed E-state index contributed by atoms with van der Waals surface area (Å²) in [6.45, 7) is 0.727. The third-order valence-corrected chi connectivity index (χ3v) is 2.94. The Kier molecular flexibility index (Phi) is 3.84. The summed E-state index contributed by atoms with van der Waals surface area (Å²) < 4.78 is 5.41. The first kappa shape index (κ1) is 11.7. The van der Waals surface area contributed by atoms with Crippen LogP contribution in [-0.2, 0) is 9.53 Å². The second kappa shape index (κ2) is 5.55. The average Bonchev–Trinajstić information content (AvgIpc) is 2.84. The molecule has 1 saturated heterocycles. The molecule has 88 valence electrons. The summed E-state index contributed by atoms with van der Waals surface area (Å²) in [4.78, 5) is 15.9. The van der Waals surface area contributed by atoms with Crippen LogP contribution in [0.3, 0.4) is 0 Å². The molecule has 2 rings (SSSR count). The van der Waals surface area contributed by atoms with E-state index >= 15 is 0 Å². The summed E-state index contributed by atoms with van der Waals surface area (Å²) in [7, 11) is 0. The van der Waals surface area contributed by atoms with Crippen molar-refractivity contribution in [3.05, 3.63) is 30.1 Å². The van der Waals surface area contributed by atoms with Gasteiger partial charge in [0.15, 0.2) is 5.78 Å². The molecule has 0 saturated carbocycles. The van der Waals surface area contributed by atoms with Gasteiger partial charge >= 0.3 is 0 Å². The number of hydrogen-bond acceptors (Lipinski definition) is 4. The number of carbonyl (C=O) groups is 1. The van der Waals surface area contributed by atoms with Crippen molar-refractivity contribution in [1.29, 1.82) is 5.26 Å². The fraction of sp³-hybridized carbons (Fsp3) is 0.462. The molecule has 2 atom stereocenters. The van der Waals surface area contributed by atoms with E-state index in [1.165, 1.54) is 0 Å². The lowest BCUT2D eigenvalue weighted by atomic mass is 9.93. The van der Waals surface area contributed by atoms with Gasteiger partial charge < -0.3 is 4.74 Å². The van der Waals surface area contributed by atoms with Crippen molar-refractivity contribution in [3.8, 4) is 6.07 Å². The Labute approximate surface area is 100 Å². The van der Waals surface area contributed by atoms with E-state index in [-0.39, 0.29) is 11.9 Å². The lowest BCUT2D eigenvalue weighted by Gasteiger charge is -2.11. The van der Waals surface area contributed by atoms with Crippen LogP contribution in [-0.4, -0.2) is 23.5 Å². The van der Waals surface area contributed by atoms with Crippen LogP contribution >= 0.6 is 0 Å². The summed E-state index contributed by atoms with van der Waals surface area (Å²) in [6.07, 6.45) is 5.45. The standard InChI is InChI=1S/C13H14N2O2/c14-9-12(10-3-5-15-6-4-10)13(16)8-11-2-1-7-17-11/h3-6,11-12H,1-2,7-8H2. The maximum atomic E-state index is 12.0. The van der Waals surface area contributed by atoms with E-state index in [9.17, 15) is 4.79 Å². The molecule has 0 N–H and O–H groups in total. The van der Waals surface area contributed by atoms with Gasteiger partial charge in [-0.25, -0.2) is 0 Å². The molecular formula is C13H14N2O2. The van der Waals surface area contributed by atoms with Crippen molar-refractivity contribution in [1.82, 2.24) is 4.98 Å². The van der Waals surface area contributed by atoms with Crippen LogP contribution in [0.15, 0.2) is 24.5 Å². The Balaban J connectivity index is 2.03. The van der Waals surface area contributed by atoms with E-state index in [1.54, 1.807) is 24.5 Å². The maximum absolute atomic E-state index is 12.0. The SMILES string of the molecule is N#CC(C(=O)CC1CCCO1)c1ccncc1. The van der Waals surface area contributed by atoms with Crippen molar-refractivity contribution < 1.29 is 9.53 Å². The molecule has 2 heterocycles. The lowest BCUT2D eigenvalue weighted by molar-refractivity contribution is -0.121. The quantitative estimate of drug-likeness (QED) is 0.791. The largest absolute Gasteiger partial charge is 0.378 e. The third-order valence-electron chi connectivity index (χ3n) is 2.94. The minimum absolute atomic E-state index is 0.000173. The van der Waals surface area contributed by atoms with Crippen LogP contribution < -0.4 is 0 Å². The molecule has 2 unspecified atom stereocenters. The van der Waals surface area contributed by atoms with E-state index in [2.05, 4.69) is 11.1 Å². The van der Waals surface area contributed by atoms with E-state index < -0.39 is 5.92 Å². The molecule has 0 radical (unpaired) electrons. The molecule has 4 nitrogen and oxygen atoms in total. The van der Waals surface area contributed by atoms with E-state index in [0.29, 0.717) is 12.0 Å². The lowest BCUT2D eigenvalue weighted by Crippen LogP contribution is -2.18. The predicted molar refractivity (Wildman–Crippen MR) is 61.2 cm³/mol. The number of hydrogen-bond donors (Lipinski definition) is 0. The van der Waals surface area contributed by atoms with E-state index in [1.807, 2.05) is 0 Å². The predicted octanol–water partition coefficient (Wildman–Crippen LogP) is 1.83. The van der Waals surface area contributed by atoms with Crippen LogP contribution in [0.4, 0.5) is 0 Å². The first-order valence-electron chi connectivity index (χ1n) is 5.75. The van der Waals surface area contributed by atoms with Gasteiger partial charge in [0.25, 0.3) is 0 Å². The molecule has 0 aromatic carbocycles. The van der Waals surface area contributed by atoms with Crippen molar-refractivity contribution >= 4 is 5.78 Å². The highest BCUT2D eigenvalue weighted by atomic mass is 16.5. The smallest absolute Gasteiger partial charge is 0.157 e. The molecule has 1 aliphatic heterocycles. The van der Waals surface area contributed by atoms with Gasteiger partial charge in [-0.1, -0.05) is 0 Å². The van der Waals surface area contributed by atoms with Crippen molar-refractivity contribution in [3.63, 3.8) is 0 Å². The summed E-state index contributed by atoms with van der Waals surface area (Å²) in [6, 6.07) is 5.48. The van der Waals surface area contributed by atoms with Gasteiger partial charge in [-0.05, 0) is 30.5 Å². The molecule has 0 aliphatic carbocycles. The Morgan fingerprint density at radius 1 is 1.59 bits per heavy atom. The van der Waals surface area contributed by atoms with Crippen molar-refractivity contribution in [2.45, 2.75) is 31.3 Å². The summed E-state index contributed by atoms with van der Waals surface area (Å²) >= 11 is 0. The van der Waals surface area contributed by atoms with Gasteiger partial charge in [0, 0.05) is 25.4 Å². The molecule has 1 aromatic heterocycles. The first-order valence-corrected chi connectivity index (χ1v) is 5.75. The molecule has 0 spiro atoms. The highest BCUT2D eigenvalue weighted by Gasteiger charge is 2.25. The van der Waals surface area contributed by atoms with Crippen LogP contribution in [0, 0.1) is 11.3 Å². The number of rotatable bonds is 4. The first-order chi connectivity index (χ1) is 8.31. The van der Waals surface area contributed by atoms with E-state index in [4.69, 9.17) is 10.00 Å². The van der Waals surface area contributed by atoms with Crippen molar-refractivity contribution in [2.75, 3.05) is 6.61 Å². The van der Waals surface area contributed by atoms with Gasteiger partial charge in [-0.15, -0.1) is 0 Å². The topological polar surface area (TPSA) is 63.0 Å². The normalized spacial score (nSPS) is 20.8. The number of nitrogens with zero attached hydrogens (tertiary/aromatic N) is 2. The van der Waals surface area contributed by atoms with Crippen LogP contribution in [0.1, 0.15) is 30.7 Å². The Hall–Kier alpha value is -1.73. The fourth-order valence-electron chi connectivity index (χ4n) is 2.04. The van der Waals surface area contributed by atoms with Gasteiger partial charge in [0.1, 0.15) is 5.92 Å². The zero-order chi connectivity index (χ0) is 12.1. The van der Waals surface area contributed by atoms with Crippen molar-refractivity contribution in [2.24, 2.45) is 0 Å². The van der Waals surface area contributed by atoms with Crippen LogP contribution in [0.5, 0.6) is 0 Å². The molecule has 1 aromatic rings. The molecule has 17 heavy (non-hydrogen) atoms. The molecular weight excluding hydrogens is 216 g/mol. The Morgan fingerprint density at radius 3 is 2.94 bits per heavy atom. The molecule has 0 bridgehead atoms. The number of nitriles is 1. The number of Topliss-reactive ketones (excluding diaryl/α,β-unsaturated/α-hetero) is 1. The molecule has 0 amide bonds. The highest BCUT2D eigenvalue weighted by molar-refractivity contribution is 5.88. The number of ketones is 1. The number of aromatic nitrogens is 1. The zero-order valence-corrected chi connectivity index (χ0v) is 9.50. The Bertz CT molecular complexity index is 419. The zero-order valence-electron chi connectivity index (χ0n) is 9.50. The van der Waals surface area contributed by atoms with E-state index in [0.717, 1.165) is 19.4 Å². The van der Waals surface area contributed by atoms with Gasteiger partial charge in [-0.3, -0.25) is 9.78 Å². The summed E-state index contributed by atoms with van der Waals surface area (Å²) in [5.41, 5.74) is 0.713. The summed E-state index contributed by atoms with van der Waals surface area (Å²) in [5.74, 6) is -0.757. The maximum Gasteiger partial charge on any atom is 0.157 e. The number of pyridine rings is 1. The monoisotopic (exact) mass is 230 g/mol. The number of carbonyl (C=O) groups excluding carboxylic acids is 1. The molecule has 4 heteroatoms. The Morgan fingerprint density at radius 2 is 2.35 bits per heavy atom.